The standard InChI is InChI=1S/C24H27N3O3/c1-30-22-13-9-20(10-14-22)15-17-26-24(29)25-16-4-5-19-7-11-21(12-8-19)27-18-3-2-6-23(27)28/h7-14H,2-3,6,15-18H2,1H3,(H2,25,26,29). The molecular weight excluding hydrogens is 378 g/mol. The van der Waals surface area contributed by atoms with Crippen molar-refractivity contribution >= 4 is 17.6 Å². The first-order chi connectivity index (χ1) is 14.7. The Labute approximate surface area is 177 Å². The number of rotatable bonds is 6. The molecular formula is C24H27N3O3. The van der Waals surface area contributed by atoms with Crippen LogP contribution >= 0.6 is 0 Å². The van der Waals surface area contributed by atoms with Crippen LogP contribution in [0.3, 0.4) is 0 Å². The average Bonchev–Trinajstić information content (AvgIpc) is 2.78. The highest BCUT2D eigenvalue weighted by Crippen LogP contribution is 2.21. The molecule has 0 radical (unpaired) electrons. The van der Waals surface area contributed by atoms with Crippen molar-refractivity contribution in [2.24, 2.45) is 0 Å². The molecule has 1 aliphatic heterocycles. The van der Waals surface area contributed by atoms with Crippen molar-refractivity contribution in [3.63, 3.8) is 0 Å². The number of urea groups is 1. The largest absolute Gasteiger partial charge is 0.497 e. The van der Waals surface area contributed by atoms with Crippen LogP contribution in [0, 0.1) is 11.8 Å². The van der Waals surface area contributed by atoms with Crippen molar-refractivity contribution in [2.75, 3.05) is 31.6 Å². The fourth-order valence-electron chi connectivity index (χ4n) is 3.25. The number of methoxy groups -OCH3 is 1. The van der Waals surface area contributed by atoms with Gasteiger partial charge in [-0.25, -0.2) is 4.79 Å². The van der Waals surface area contributed by atoms with E-state index in [2.05, 4.69) is 22.5 Å². The van der Waals surface area contributed by atoms with E-state index >= 15 is 0 Å². The van der Waals surface area contributed by atoms with Crippen LogP contribution in [0.1, 0.15) is 30.4 Å². The molecule has 0 unspecified atom stereocenters. The van der Waals surface area contributed by atoms with E-state index in [0.717, 1.165) is 48.4 Å². The molecule has 1 heterocycles. The molecule has 3 amide bonds. The van der Waals surface area contributed by atoms with Gasteiger partial charge in [0.15, 0.2) is 0 Å². The summed E-state index contributed by atoms with van der Waals surface area (Å²) >= 11 is 0. The Kier molecular flexibility index (Phi) is 7.73. The normalized spacial score (nSPS) is 13.2. The fourth-order valence-corrected chi connectivity index (χ4v) is 3.25. The highest BCUT2D eigenvalue weighted by Gasteiger charge is 2.19. The average molecular weight is 405 g/mol. The molecule has 3 rings (SSSR count). The Morgan fingerprint density at radius 3 is 2.53 bits per heavy atom. The Morgan fingerprint density at radius 2 is 1.83 bits per heavy atom. The highest BCUT2D eigenvalue weighted by atomic mass is 16.5. The van der Waals surface area contributed by atoms with E-state index in [1.807, 2.05) is 53.4 Å². The van der Waals surface area contributed by atoms with Crippen LogP contribution < -0.4 is 20.3 Å². The fraction of sp³-hybridized carbons (Fsp3) is 0.333. The van der Waals surface area contributed by atoms with Crippen LogP contribution in [0.2, 0.25) is 0 Å². The van der Waals surface area contributed by atoms with Crippen LogP contribution in [0.15, 0.2) is 48.5 Å². The van der Waals surface area contributed by atoms with Crippen molar-refractivity contribution in [2.45, 2.75) is 25.7 Å². The lowest BCUT2D eigenvalue weighted by Crippen LogP contribution is -2.36. The third kappa shape index (κ3) is 6.28. The molecule has 1 aliphatic rings. The first-order valence-electron chi connectivity index (χ1n) is 10.2. The Balaban J connectivity index is 1.37. The molecule has 0 spiro atoms. The minimum Gasteiger partial charge on any atom is -0.497 e. The van der Waals surface area contributed by atoms with Gasteiger partial charge >= 0.3 is 6.03 Å². The van der Waals surface area contributed by atoms with Gasteiger partial charge in [-0.1, -0.05) is 24.0 Å². The lowest BCUT2D eigenvalue weighted by atomic mass is 10.1. The summed E-state index contributed by atoms with van der Waals surface area (Å²) in [4.78, 5) is 25.7. The van der Waals surface area contributed by atoms with Crippen molar-refractivity contribution in [1.29, 1.82) is 0 Å². The van der Waals surface area contributed by atoms with Crippen molar-refractivity contribution in [3.8, 4) is 17.6 Å². The van der Waals surface area contributed by atoms with E-state index in [4.69, 9.17) is 4.74 Å². The number of amides is 3. The number of nitrogens with one attached hydrogen (secondary N) is 2. The molecule has 2 aromatic rings. The lowest BCUT2D eigenvalue weighted by Gasteiger charge is -2.26. The molecule has 30 heavy (non-hydrogen) atoms. The van der Waals surface area contributed by atoms with Crippen LogP contribution in [-0.4, -0.2) is 38.7 Å². The maximum atomic E-state index is 12.0. The van der Waals surface area contributed by atoms with E-state index in [0.29, 0.717) is 13.0 Å². The summed E-state index contributed by atoms with van der Waals surface area (Å²) in [6.07, 6.45) is 3.38. The van der Waals surface area contributed by atoms with Gasteiger partial charge in [-0.05, 0) is 61.2 Å². The number of hydrogen-bond acceptors (Lipinski definition) is 3. The highest BCUT2D eigenvalue weighted by molar-refractivity contribution is 5.94. The SMILES string of the molecule is COc1ccc(CCNC(=O)NCC#Cc2ccc(N3CCCCC3=O)cc2)cc1. The molecule has 0 atom stereocenters. The second kappa shape index (κ2) is 10.9. The summed E-state index contributed by atoms with van der Waals surface area (Å²) in [7, 11) is 1.64. The molecule has 6 heteroatoms. The number of carbonyl (C=O) groups is 2. The number of benzene rings is 2. The molecule has 0 aliphatic carbocycles. The van der Waals surface area contributed by atoms with Gasteiger partial charge in [-0.2, -0.15) is 0 Å². The molecule has 2 aromatic carbocycles. The molecule has 6 nitrogen and oxygen atoms in total. The molecule has 2 N–H and O–H groups in total. The quantitative estimate of drug-likeness (QED) is 0.726. The second-order valence-electron chi connectivity index (χ2n) is 7.06. The Hall–Kier alpha value is -3.46. The maximum absolute atomic E-state index is 12.0. The third-order valence-electron chi connectivity index (χ3n) is 4.93. The monoisotopic (exact) mass is 405 g/mol. The molecule has 1 fully saturated rings. The van der Waals surface area contributed by atoms with Crippen LogP contribution in [0.25, 0.3) is 0 Å². The number of carbonyl (C=O) groups excluding carboxylic acids is 2. The lowest BCUT2D eigenvalue weighted by molar-refractivity contribution is -0.119. The van der Waals surface area contributed by atoms with Gasteiger partial charge in [0, 0.05) is 30.8 Å². The zero-order valence-electron chi connectivity index (χ0n) is 17.2. The summed E-state index contributed by atoms with van der Waals surface area (Å²) in [6.45, 7) is 1.59. The van der Waals surface area contributed by atoms with Gasteiger partial charge < -0.3 is 20.3 Å². The van der Waals surface area contributed by atoms with E-state index in [9.17, 15) is 9.59 Å². The zero-order valence-corrected chi connectivity index (χ0v) is 17.2. The molecule has 156 valence electrons. The van der Waals surface area contributed by atoms with Gasteiger partial charge in [0.05, 0.1) is 13.7 Å². The first-order valence-corrected chi connectivity index (χ1v) is 10.2. The molecule has 0 saturated carbocycles. The van der Waals surface area contributed by atoms with E-state index in [1.54, 1.807) is 7.11 Å². The zero-order chi connectivity index (χ0) is 21.2. The van der Waals surface area contributed by atoms with Crippen molar-refractivity contribution in [3.05, 3.63) is 59.7 Å². The van der Waals surface area contributed by atoms with Crippen LogP contribution in [0.4, 0.5) is 10.5 Å². The summed E-state index contributed by atoms with van der Waals surface area (Å²) < 4.78 is 5.13. The molecule has 0 aromatic heterocycles. The van der Waals surface area contributed by atoms with E-state index < -0.39 is 0 Å². The summed E-state index contributed by atoms with van der Waals surface area (Å²) in [6, 6.07) is 15.2. The predicted octanol–water partition coefficient (Wildman–Crippen LogP) is 3.11. The van der Waals surface area contributed by atoms with Gasteiger partial charge in [-0.3, -0.25) is 4.79 Å². The summed E-state index contributed by atoms with van der Waals surface area (Å²) in [5, 5.41) is 5.55. The topological polar surface area (TPSA) is 70.7 Å². The van der Waals surface area contributed by atoms with Gasteiger partial charge in [0.25, 0.3) is 0 Å². The van der Waals surface area contributed by atoms with Crippen LogP contribution in [-0.2, 0) is 11.2 Å². The van der Waals surface area contributed by atoms with E-state index in [1.165, 1.54) is 0 Å². The summed E-state index contributed by atoms with van der Waals surface area (Å²) in [5.74, 6) is 6.97. The number of ether oxygens (including phenoxy) is 1. The second-order valence-corrected chi connectivity index (χ2v) is 7.06. The predicted molar refractivity (Wildman–Crippen MR) is 118 cm³/mol. The number of piperidine rings is 1. The molecule has 1 saturated heterocycles. The Morgan fingerprint density at radius 1 is 1.07 bits per heavy atom. The number of nitrogens with zero attached hydrogens (tertiary/aromatic N) is 1. The third-order valence-corrected chi connectivity index (χ3v) is 4.93. The van der Waals surface area contributed by atoms with Crippen molar-refractivity contribution < 1.29 is 14.3 Å². The van der Waals surface area contributed by atoms with E-state index in [-0.39, 0.29) is 18.5 Å². The van der Waals surface area contributed by atoms with Crippen LogP contribution in [0.5, 0.6) is 5.75 Å². The number of hydrogen-bond donors (Lipinski definition) is 2. The maximum Gasteiger partial charge on any atom is 0.315 e. The van der Waals surface area contributed by atoms with Gasteiger partial charge in [0.1, 0.15) is 5.75 Å². The minimum absolute atomic E-state index is 0.183. The first kappa shape index (κ1) is 21.3. The Bertz CT molecular complexity index is 911. The van der Waals surface area contributed by atoms with Crippen molar-refractivity contribution in [1.82, 2.24) is 10.6 Å². The molecule has 0 bridgehead atoms. The van der Waals surface area contributed by atoms with Gasteiger partial charge in [0.2, 0.25) is 5.91 Å². The smallest absolute Gasteiger partial charge is 0.315 e. The summed E-state index contributed by atoms with van der Waals surface area (Å²) in [5.41, 5.74) is 2.90. The van der Waals surface area contributed by atoms with Gasteiger partial charge in [-0.15, -0.1) is 0 Å². The number of anilines is 1. The minimum atomic E-state index is -0.239.